The largest absolute Gasteiger partial charge is 0.497 e. The first-order valence-electron chi connectivity index (χ1n) is 10.7. The topological polar surface area (TPSA) is 32.8 Å². The van der Waals surface area contributed by atoms with Gasteiger partial charge in [-0.2, -0.15) is 0 Å². The Morgan fingerprint density at radius 1 is 0.906 bits per heavy atom. The summed E-state index contributed by atoms with van der Waals surface area (Å²) in [5, 5.41) is 0. The van der Waals surface area contributed by atoms with E-state index in [1.165, 1.54) is 17.7 Å². The van der Waals surface area contributed by atoms with E-state index in [0.29, 0.717) is 13.1 Å². The maximum atomic E-state index is 13.3. The molecule has 3 aromatic rings. The van der Waals surface area contributed by atoms with Gasteiger partial charge in [-0.3, -0.25) is 9.69 Å². The van der Waals surface area contributed by atoms with E-state index >= 15 is 0 Å². The molecule has 1 amide bonds. The number of carbonyl (C=O) groups is 1. The highest BCUT2D eigenvalue weighted by atomic mass is 32.2. The summed E-state index contributed by atoms with van der Waals surface area (Å²) in [6, 6.07) is 22.5. The first-order valence-corrected chi connectivity index (χ1v) is 11.7. The van der Waals surface area contributed by atoms with Crippen molar-refractivity contribution in [1.82, 2.24) is 9.80 Å². The van der Waals surface area contributed by atoms with Crippen LogP contribution in [0.2, 0.25) is 0 Å². The van der Waals surface area contributed by atoms with Gasteiger partial charge in [0.2, 0.25) is 0 Å². The number of carbonyl (C=O) groups excluding carboxylic acids is 1. The van der Waals surface area contributed by atoms with Crippen molar-refractivity contribution in [2.75, 3.05) is 33.3 Å². The number of hydrogen-bond donors (Lipinski definition) is 0. The summed E-state index contributed by atoms with van der Waals surface area (Å²) in [6.07, 6.45) is 0. The fraction of sp³-hybridized carbons (Fsp3) is 0.269. The molecule has 0 saturated carbocycles. The van der Waals surface area contributed by atoms with Crippen molar-refractivity contribution in [3.63, 3.8) is 0 Å². The van der Waals surface area contributed by atoms with Gasteiger partial charge in [0.15, 0.2) is 0 Å². The Kier molecular flexibility index (Phi) is 7.45. The van der Waals surface area contributed by atoms with Gasteiger partial charge in [0, 0.05) is 43.4 Å². The zero-order valence-corrected chi connectivity index (χ0v) is 19.0. The molecule has 0 unspecified atom stereocenters. The quantitative estimate of drug-likeness (QED) is 0.470. The summed E-state index contributed by atoms with van der Waals surface area (Å²) in [6.45, 7) is 3.78. The van der Waals surface area contributed by atoms with Gasteiger partial charge in [-0.25, -0.2) is 4.39 Å². The van der Waals surface area contributed by atoms with Crippen molar-refractivity contribution in [2.24, 2.45) is 0 Å². The van der Waals surface area contributed by atoms with Crippen LogP contribution in [0.5, 0.6) is 5.75 Å². The molecule has 1 fully saturated rings. The second-order valence-electron chi connectivity index (χ2n) is 7.83. The Balaban J connectivity index is 1.34. The van der Waals surface area contributed by atoms with Crippen LogP contribution in [0.3, 0.4) is 0 Å². The predicted molar refractivity (Wildman–Crippen MR) is 127 cm³/mol. The molecule has 1 aliphatic rings. The molecule has 0 N–H and O–H groups in total. The number of amides is 1. The maximum absolute atomic E-state index is 13.3. The van der Waals surface area contributed by atoms with Crippen LogP contribution in [0, 0.1) is 5.82 Å². The molecule has 0 atom stereocenters. The lowest BCUT2D eigenvalue weighted by molar-refractivity contribution is 0.0625. The second kappa shape index (κ2) is 10.7. The fourth-order valence-electron chi connectivity index (χ4n) is 3.78. The van der Waals surface area contributed by atoms with Crippen LogP contribution in [0.25, 0.3) is 0 Å². The molecule has 4 rings (SSSR count). The van der Waals surface area contributed by atoms with Gasteiger partial charge >= 0.3 is 0 Å². The Morgan fingerprint density at radius 3 is 2.25 bits per heavy atom. The monoisotopic (exact) mass is 450 g/mol. The van der Waals surface area contributed by atoms with E-state index in [2.05, 4.69) is 17.0 Å². The number of benzene rings is 3. The Morgan fingerprint density at radius 2 is 1.56 bits per heavy atom. The van der Waals surface area contributed by atoms with E-state index < -0.39 is 0 Å². The molecule has 1 aliphatic heterocycles. The molecule has 0 bridgehead atoms. The van der Waals surface area contributed by atoms with Gasteiger partial charge in [-0.15, -0.1) is 11.8 Å². The van der Waals surface area contributed by atoms with E-state index in [-0.39, 0.29) is 11.7 Å². The molecule has 166 valence electrons. The van der Waals surface area contributed by atoms with Gasteiger partial charge in [0.25, 0.3) is 5.91 Å². The van der Waals surface area contributed by atoms with Crippen molar-refractivity contribution in [3.05, 3.63) is 95.3 Å². The molecular formula is C26H27FN2O2S. The number of hydrogen-bond acceptors (Lipinski definition) is 4. The minimum atomic E-state index is -0.215. The van der Waals surface area contributed by atoms with Crippen LogP contribution >= 0.6 is 11.8 Å². The van der Waals surface area contributed by atoms with Crippen LogP contribution in [0.15, 0.2) is 77.7 Å². The van der Waals surface area contributed by atoms with Crippen molar-refractivity contribution < 1.29 is 13.9 Å². The first-order chi connectivity index (χ1) is 15.6. The van der Waals surface area contributed by atoms with E-state index in [1.54, 1.807) is 18.9 Å². The van der Waals surface area contributed by atoms with Crippen LogP contribution < -0.4 is 4.74 Å². The summed E-state index contributed by atoms with van der Waals surface area (Å²) in [5.41, 5.74) is 3.04. The standard InChI is InChI=1S/C26H27FN2O2S/c1-31-23-12-8-21(9-13-23)19-32-25-5-3-2-4-24(25)26(30)29-16-14-28(15-17-29)18-20-6-10-22(27)11-7-20/h2-13H,14-19H2,1H3. The molecule has 0 aromatic heterocycles. The normalized spacial score (nSPS) is 14.4. The van der Waals surface area contributed by atoms with Crippen molar-refractivity contribution in [3.8, 4) is 5.75 Å². The van der Waals surface area contributed by atoms with Crippen LogP contribution in [-0.4, -0.2) is 49.0 Å². The van der Waals surface area contributed by atoms with Gasteiger partial charge < -0.3 is 9.64 Å². The van der Waals surface area contributed by atoms with Crippen molar-refractivity contribution >= 4 is 17.7 Å². The van der Waals surface area contributed by atoms with Gasteiger partial charge in [0.05, 0.1) is 12.7 Å². The third-order valence-electron chi connectivity index (χ3n) is 5.65. The molecular weight excluding hydrogens is 423 g/mol. The van der Waals surface area contributed by atoms with Crippen LogP contribution in [-0.2, 0) is 12.3 Å². The number of rotatable bonds is 7. The predicted octanol–water partition coefficient (Wildman–Crippen LogP) is 5.08. The summed E-state index contributed by atoms with van der Waals surface area (Å²) in [4.78, 5) is 18.5. The number of methoxy groups -OCH3 is 1. The smallest absolute Gasteiger partial charge is 0.255 e. The summed E-state index contributed by atoms with van der Waals surface area (Å²) in [5.74, 6) is 1.50. The van der Waals surface area contributed by atoms with E-state index in [4.69, 9.17) is 4.74 Å². The molecule has 3 aromatic carbocycles. The minimum Gasteiger partial charge on any atom is -0.497 e. The Bertz CT molecular complexity index is 1030. The average molecular weight is 451 g/mol. The fourth-order valence-corrected chi connectivity index (χ4v) is 4.78. The van der Waals surface area contributed by atoms with Crippen LogP contribution in [0.1, 0.15) is 21.5 Å². The number of thioether (sulfide) groups is 1. The van der Waals surface area contributed by atoms with Gasteiger partial charge in [0.1, 0.15) is 11.6 Å². The molecule has 1 saturated heterocycles. The zero-order chi connectivity index (χ0) is 22.3. The van der Waals surface area contributed by atoms with E-state index in [1.807, 2.05) is 53.4 Å². The number of piperazine rings is 1. The average Bonchev–Trinajstić information content (AvgIpc) is 2.85. The Hall–Kier alpha value is -2.83. The summed E-state index contributed by atoms with van der Waals surface area (Å²) >= 11 is 1.68. The SMILES string of the molecule is COc1ccc(CSc2ccccc2C(=O)N2CCN(Cc3ccc(F)cc3)CC2)cc1. The maximum Gasteiger partial charge on any atom is 0.255 e. The molecule has 32 heavy (non-hydrogen) atoms. The molecule has 1 heterocycles. The first kappa shape index (κ1) is 22.4. The Labute approximate surface area is 193 Å². The molecule has 6 heteroatoms. The van der Waals surface area contributed by atoms with Gasteiger partial charge in [-0.05, 0) is 47.5 Å². The second-order valence-corrected chi connectivity index (χ2v) is 8.84. The lowest BCUT2D eigenvalue weighted by atomic mass is 10.1. The third-order valence-corrected chi connectivity index (χ3v) is 6.79. The highest BCUT2D eigenvalue weighted by Crippen LogP contribution is 2.28. The highest BCUT2D eigenvalue weighted by molar-refractivity contribution is 7.98. The highest BCUT2D eigenvalue weighted by Gasteiger charge is 2.24. The van der Waals surface area contributed by atoms with Crippen molar-refractivity contribution in [2.45, 2.75) is 17.2 Å². The molecule has 0 spiro atoms. The molecule has 4 nitrogen and oxygen atoms in total. The van der Waals surface area contributed by atoms with E-state index in [9.17, 15) is 9.18 Å². The lowest BCUT2D eigenvalue weighted by Gasteiger charge is -2.35. The molecule has 0 aliphatic carbocycles. The number of ether oxygens (including phenoxy) is 1. The summed E-state index contributed by atoms with van der Waals surface area (Å²) < 4.78 is 18.3. The number of nitrogens with zero attached hydrogens (tertiary/aromatic N) is 2. The zero-order valence-electron chi connectivity index (χ0n) is 18.2. The summed E-state index contributed by atoms with van der Waals surface area (Å²) in [7, 11) is 1.66. The number of halogens is 1. The van der Waals surface area contributed by atoms with E-state index in [0.717, 1.165) is 47.2 Å². The van der Waals surface area contributed by atoms with Crippen molar-refractivity contribution in [1.29, 1.82) is 0 Å². The minimum absolute atomic E-state index is 0.0873. The lowest BCUT2D eigenvalue weighted by Crippen LogP contribution is -2.48. The van der Waals surface area contributed by atoms with Gasteiger partial charge in [-0.1, -0.05) is 36.4 Å². The third kappa shape index (κ3) is 5.69. The van der Waals surface area contributed by atoms with Crippen LogP contribution in [0.4, 0.5) is 4.39 Å². The molecule has 0 radical (unpaired) electrons.